The molecule has 4 nitrogen and oxygen atoms in total. The first-order valence-corrected chi connectivity index (χ1v) is 9.36. The van der Waals surface area contributed by atoms with Gasteiger partial charge in [-0.1, -0.05) is 17.4 Å². The number of thiazole rings is 1. The lowest BCUT2D eigenvalue weighted by Crippen LogP contribution is -2.22. The average Bonchev–Trinajstić information content (AvgIpc) is 3.05. The molecule has 0 fully saturated rings. The quantitative estimate of drug-likeness (QED) is 0.500. The molecule has 0 atom stereocenters. The van der Waals surface area contributed by atoms with Crippen LogP contribution < -0.4 is 14.8 Å². The lowest BCUT2D eigenvalue weighted by Gasteiger charge is -2.02. The van der Waals surface area contributed by atoms with Gasteiger partial charge in [-0.15, -0.1) is 0 Å². The molecule has 0 radical (unpaired) electrons. The molecule has 0 aliphatic heterocycles. The number of hydrogen-bond acceptors (Lipinski definition) is 4. The van der Waals surface area contributed by atoms with Gasteiger partial charge in [0.05, 0.1) is 27.1 Å². The minimum atomic E-state index is -0.0299. The number of nitrogens with zero attached hydrogens (tertiary/aromatic N) is 2. The van der Waals surface area contributed by atoms with Crippen molar-refractivity contribution in [3.05, 3.63) is 66.4 Å². The fourth-order valence-corrected chi connectivity index (χ4v) is 4.39. The molecule has 0 unspecified atom stereocenters. The summed E-state index contributed by atoms with van der Waals surface area (Å²) in [5.41, 5.74) is 4.98. The van der Waals surface area contributed by atoms with Gasteiger partial charge in [-0.3, -0.25) is 4.79 Å². The highest BCUT2D eigenvalue weighted by Gasteiger charge is 2.12. The number of benzene rings is 2. The SMILES string of the molecule is COc1ccc(/C=c2\sc3nc4cc(C)c(C)cc4n3c2=O)cc1Br. The van der Waals surface area contributed by atoms with Crippen molar-refractivity contribution in [2.45, 2.75) is 13.8 Å². The number of aryl methyl sites for hydroxylation is 2. The van der Waals surface area contributed by atoms with E-state index < -0.39 is 0 Å². The Balaban J connectivity index is 1.94. The van der Waals surface area contributed by atoms with Gasteiger partial charge in [-0.25, -0.2) is 9.38 Å². The molecule has 0 saturated carbocycles. The topological polar surface area (TPSA) is 43.6 Å². The molecule has 4 rings (SSSR count). The summed E-state index contributed by atoms with van der Waals surface area (Å²) in [6, 6.07) is 9.81. The molecule has 25 heavy (non-hydrogen) atoms. The van der Waals surface area contributed by atoms with Gasteiger partial charge in [0.25, 0.3) is 5.56 Å². The molecule has 2 heterocycles. The van der Waals surface area contributed by atoms with Crippen LogP contribution in [-0.4, -0.2) is 16.5 Å². The molecule has 126 valence electrons. The highest BCUT2D eigenvalue weighted by molar-refractivity contribution is 9.10. The predicted molar refractivity (Wildman–Crippen MR) is 106 cm³/mol. The number of methoxy groups -OCH3 is 1. The number of aromatic nitrogens is 2. The summed E-state index contributed by atoms with van der Waals surface area (Å²) < 4.78 is 8.47. The van der Waals surface area contributed by atoms with Crippen LogP contribution in [0.3, 0.4) is 0 Å². The molecule has 4 aromatic rings. The summed E-state index contributed by atoms with van der Waals surface area (Å²) in [5, 5.41) is 0. The zero-order valence-electron chi connectivity index (χ0n) is 14.0. The Bertz CT molecular complexity index is 1240. The summed E-state index contributed by atoms with van der Waals surface area (Å²) in [6.07, 6.45) is 1.89. The van der Waals surface area contributed by atoms with E-state index in [2.05, 4.69) is 27.8 Å². The van der Waals surface area contributed by atoms with E-state index >= 15 is 0 Å². The molecule has 0 N–H and O–H groups in total. The maximum Gasteiger partial charge on any atom is 0.274 e. The summed E-state index contributed by atoms with van der Waals surface area (Å²) in [5.74, 6) is 0.761. The van der Waals surface area contributed by atoms with Crippen molar-refractivity contribution in [1.29, 1.82) is 0 Å². The molecule has 6 heteroatoms. The van der Waals surface area contributed by atoms with Crippen molar-refractivity contribution in [3.63, 3.8) is 0 Å². The highest BCUT2D eigenvalue weighted by atomic mass is 79.9. The molecule has 0 saturated heterocycles. The highest BCUT2D eigenvalue weighted by Crippen LogP contribution is 2.26. The van der Waals surface area contributed by atoms with Crippen LogP contribution >= 0.6 is 27.3 Å². The van der Waals surface area contributed by atoms with Gasteiger partial charge >= 0.3 is 0 Å². The largest absolute Gasteiger partial charge is 0.496 e. The Morgan fingerprint density at radius 1 is 1.20 bits per heavy atom. The number of halogens is 1. The van der Waals surface area contributed by atoms with E-state index in [9.17, 15) is 4.79 Å². The van der Waals surface area contributed by atoms with E-state index in [1.54, 1.807) is 11.5 Å². The van der Waals surface area contributed by atoms with Crippen molar-refractivity contribution in [1.82, 2.24) is 9.38 Å². The Kier molecular flexibility index (Phi) is 3.89. The minimum absolute atomic E-state index is 0.0299. The van der Waals surface area contributed by atoms with E-state index in [1.807, 2.05) is 43.3 Å². The van der Waals surface area contributed by atoms with Crippen molar-refractivity contribution in [2.75, 3.05) is 7.11 Å². The lowest BCUT2D eigenvalue weighted by molar-refractivity contribution is 0.412. The standard InChI is InChI=1S/C19H15BrN2O2S/c1-10-6-14-15(7-11(10)2)22-18(23)17(25-19(22)21-14)9-12-4-5-16(24-3)13(20)8-12/h4-9H,1-3H3/b17-9-. The van der Waals surface area contributed by atoms with E-state index in [-0.39, 0.29) is 5.56 Å². The number of rotatable bonds is 2. The van der Waals surface area contributed by atoms with E-state index in [0.29, 0.717) is 4.53 Å². The monoisotopic (exact) mass is 414 g/mol. The predicted octanol–water partition coefficient (Wildman–Crippen LogP) is 3.84. The van der Waals surface area contributed by atoms with E-state index in [1.165, 1.54) is 16.9 Å². The van der Waals surface area contributed by atoms with Gasteiger partial charge in [-0.05, 0) is 76.8 Å². The van der Waals surface area contributed by atoms with Gasteiger partial charge in [0.15, 0.2) is 4.96 Å². The van der Waals surface area contributed by atoms with Gasteiger partial charge in [-0.2, -0.15) is 0 Å². The first-order chi connectivity index (χ1) is 12.0. The van der Waals surface area contributed by atoms with Gasteiger partial charge < -0.3 is 4.74 Å². The number of ether oxygens (including phenoxy) is 1. The molecule has 0 bridgehead atoms. The fourth-order valence-electron chi connectivity index (χ4n) is 2.84. The molecule has 0 amide bonds. The lowest BCUT2D eigenvalue weighted by atomic mass is 10.1. The first-order valence-electron chi connectivity index (χ1n) is 7.75. The van der Waals surface area contributed by atoms with Gasteiger partial charge in [0.2, 0.25) is 0 Å². The maximum atomic E-state index is 12.9. The second-order valence-electron chi connectivity index (χ2n) is 5.96. The van der Waals surface area contributed by atoms with Crippen LogP contribution in [0.15, 0.2) is 39.6 Å². The number of hydrogen-bond donors (Lipinski definition) is 0. The zero-order valence-corrected chi connectivity index (χ0v) is 16.4. The van der Waals surface area contributed by atoms with Crippen LogP contribution in [-0.2, 0) is 0 Å². The van der Waals surface area contributed by atoms with Crippen molar-refractivity contribution in [2.24, 2.45) is 0 Å². The number of fused-ring (bicyclic) bond motifs is 3. The Labute approximate surface area is 156 Å². The van der Waals surface area contributed by atoms with Crippen LogP contribution in [0.4, 0.5) is 0 Å². The van der Waals surface area contributed by atoms with Crippen LogP contribution in [0.25, 0.3) is 22.1 Å². The number of imidazole rings is 1. The summed E-state index contributed by atoms with van der Waals surface area (Å²) in [7, 11) is 1.63. The first kappa shape index (κ1) is 16.3. The van der Waals surface area contributed by atoms with Crippen molar-refractivity contribution >= 4 is 49.3 Å². The molecule has 2 aromatic heterocycles. The second-order valence-corrected chi connectivity index (χ2v) is 7.83. The van der Waals surface area contributed by atoms with Crippen LogP contribution in [0, 0.1) is 13.8 Å². The summed E-state index contributed by atoms with van der Waals surface area (Å²) in [6.45, 7) is 4.11. The smallest absolute Gasteiger partial charge is 0.274 e. The molecule has 0 spiro atoms. The van der Waals surface area contributed by atoms with Gasteiger partial charge in [0, 0.05) is 0 Å². The summed E-state index contributed by atoms with van der Waals surface area (Å²) in [4.78, 5) is 18.2. The third-order valence-corrected chi connectivity index (χ3v) is 5.92. The second kappa shape index (κ2) is 5.97. The Hall–Kier alpha value is -2.18. The van der Waals surface area contributed by atoms with Crippen LogP contribution in [0.2, 0.25) is 0 Å². The maximum absolute atomic E-state index is 12.9. The molecule has 2 aromatic carbocycles. The third-order valence-electron chi connectivity index (χ3n) is 4.33. The van der Waals surface area contributed by atoms with Gasteiger partial charge in [0.1, 0.15) is 5.75 Å². The molecule has 0 aliphatic rings. The molecule has 0 aliphatic carbocycles. The normalized spacial score (nSPS) is 12.4. The zero-order chi connectivity index (χ0) is 17.7. The third kappa shape index (κ3) is 2.65. The Morgan fingerprint density at radius 3 is 2.68 bits per heavy atom. The summed E-state index contributed by atoms with van der Waals surface area (Å²) >= 11 is 4.89. The Morgan fingerprint density at radius 2 is 1.96 bits per heavy atom. The van der Waals surface area contributed by atoms with Crippen molar-refractivity contribution < 1.29 is 4.74 Å². The van der Waals surface area contributed by atoms with Crippen molar-refractivity contribution in [3.8, 4) is 5.75 Å². The fraction of sp³-hybridized carbons (Fsp3) is 0.158. The van der Waals surface area contributed by atoms with E-state index in [0.717, 1.165) is 37.3 Å². The minimum Gasteiger partial charge on any atom is -0.496 e. The average molecular weight is 415 g/mol. The molecular formula is C19H15BrN2O2S. The van der Waals surface area contributed by atoms with Crippen LogP contribution in [0.1, 0.15) is 16.7 Å². The molecular weight excluding hydrogens is 400 g/mol. The van der Waals surface area contributed by atoms with Crippen LogP contribution in [0.5, 0.6) is 5.75 Å². The van der Waals surface area contributed by atoms with E-state index in [4.69, 9.17) is 4.74 Å².